The average Bonchev–Trinajstić information content (AvgIpc) is 3.00. The molecule has 0 heterocycles. The number of ether oxygens (including phenoxy) is 1. The van der Waals surface area contributed by atoms with Gasteiger partial charge in [-0.1, -0.05) is 6.07 Å². The minimum atomic E-state index is -3.34. The van der Waals surface area contributed by atoms with Gasteiger partial charge in [0.15, 0.2) is 11.5 Å². The summed E-state index contributed by atoms with van der Waals surface area (Å²) in [6.45, 7) is 0.595. The van der Waals surface area contributed by atoms with Gasteiger partial charge in [-0.3, -0.25) is 0 Å². The first kappa shape index (κ1) is 11.6. The highest BCUT2D eigenvalue weighted by molar-refractivity contribution is 5.48. The molecule has 0 aromatic heterocycles. The van der Waals surface area contributed by atoms with Crippen LogP contribution in [0, 0.1) is 11.3 Å². The Kier molecular flexibility index (Phi) is 2.46. The number of hydrogen-bond donors (Lipinski definition) is 1. The molecule has 2 rings (SSSR count). The zero-order chi connectivity index (χ0) is 12.7. The first-order valence-corrected chi connectivity index (χ1v) is 5.18. The molecule has 1 fully saturated rings. The molecule has 5 heteroatoms. The Balaban J connectivity index is 2.27. The van der Waals surface area contributed by atoms with Crippen LogP contribution in [-0.4, -0.2) is 11.2 Å². The molecule has 17 heavy (non-hydrogen) atoms. The summed E-state index contributed by atoms with van der Waals surface area (Å²) >= 11 is 0. The van der Waals surface area contributed by atoms with Crippen LogP contribution in [0.1, 0.15) is 25.3 Å². The first-order valence-electron chi connectivity index (χ1n) is 5.18. The zero-order valence-corrected chi connectivity index (χ0v) is 9.20. The summed E-state index contributed by atoms with van der Waals surface area (Å²) in [5.41, 5.74) is 0.0920. The van der Waals surface area contributed by atoms with Gasteiger partial charge < -0.3 is 9.84 Å². The summed E-state index contributed by atoms with van der Waals surface area (Å²) in [4.78, 5) is 0. The van der Waals surface area contributed by atoms with Crippen LogP contribution in [-0.2, 0) is 5.41 Å². The molecule has 1 aliphatic carbocycles. The average molecular weight is 239 g/mol. The molecular weight excluding hydrogens is 228 g/mol. The largest absolute Gasteiger partial charge is 0.504 e. The van der Waals surface area contributed by atoms with Gasteiger partial charge in [0.1, 0.15) is 0 Å². The van der Waals surface area contributed by atoms with Crippen molar-refractivity contribution in [1.82, 2.24) is 0 Å². The van der Waals surface area contributed by atoms with Crippen molar-refractivity contribution in [2.75, 3.05) is 0 Å². The SMILES string of the molecule is CC(F)(F)Oc1ccc(C2(C#N)CC2)cc1O. The lowest BCUT2D eigenvalue weighted by Crippen LogP contribution is -2.19. The predicted molar refractivity (Wildman–Crippen MR) is 55.9 cm³/mol. The smallest absolute Gasteiger partial charge is 0.395 e. The van der Waals surface area contributed by atoms with Gasteiger partial charge >= 0.3 is 6.11 Å². The Hall–Kier alpha value is -1.83. The molecule has 0 aliphatic heterocycles. The monoisotopic (exact) mass is 239 g/mol. The maximum absolute atomic E-state index is 12.6. The number of rotatable bonds is 3. The lowest BCUT2D eigenvalue weighted by Gasteiger charge is -2.15. The molecule has 0 spiro atoms. The summed E-state index contributed by atoms with van der Waals surface area (Å²) in [7, 11) is 0. The number of benzene rings is 1. The summed E-state index contributed by atoms with van der Waals surface area (Å²) in [5, 5.41) is 18.5. The first-order chi connectivity index (χ1) is 7.86. The fourth-order valence-electron chi connectivity index (χ4n) is 1.68. The molecule has 0 bridgehead atoms. The van der Waals surface area contributed by atoms with Crippen LogP contribution in [0.2, 0.25) is 0 Å². The van der Waals surface area contributed by atoms with Crippen molar-refractivity contribution in [2.24, 2.45) is 0 Å². The van der Waals surface area contributed by atoms with E-state index in [-0.39, 0.29) is 11.5 Å². The number of aromatic hydroxyl groups is 1. The van der Waals surface area contributed by atoms with Crippen molar-refractivity contribution in [3.8, 4) is 17.6 Å². The van der Waals surface area contributed by atoms with Gasteiger partial charge in [0.2, 0.25) is 0 Å². The second kappa shape index (κ2) is 3.59. The van der Waals surface area contributed by atoms with E-state index >= 15 is 0 Å². The van der Waals surface area contributed by atoms with Crippen LogP contribution in [0.3, 0.4) is 0 Å². The van der Waals surface area contributed by atoms with Gasteiger partial charge in [-0.25, -0.2) is 0 Å². The maximum Gasteiger partial charge on any atom is 0.395 e. The van der Waals surface area contributed by atoms with E-state index in [4.69, 9.17) is 5.26 Å². The lowest BCUT2D eigenvalue weighted by molar-refractivity contribution is -0.159. The van der Waals surface area contributed by atoms with E-state index in [1.54, 1.807) is 0 Å². The second-order valence-electron chi connectivity index (χ2n) is 4.29. The van der Waals surface area contributed by atoms with Gasteiger partial charge in [0.25, 0.3) is 0 Å². The Morgan fingerprint density at radius 3 is 2.53 bits per heavy atom. The standard InChI is InChI=1S/C12H11F2NO2/c1-11(13,14)17-10-3-2-8(6-9(10)16)12(7-15)4-5-12/h2-3,6,16H,4-5H2,1H3. The summed E-state index contributed by atoms with van der Waals surface area (Å²) < 4.78 is 29.5. The number of phenolic OH excluding ortho intramolecular Hbond substituents is 1. The molecular formula is C12H11F2NO2. The molecule has 1 aromatic rings. The molecule has 1 aromatic carbocycles. The lowest BCUT2D eigenvalue weighted by atomic mass is 9.97. The van der Waals surface area contributed by atoms with E-state index in [0.717, 1.165) is 12.8 Å². The highest BCUT2D eigenvalue weighted by Crippen LogP contribution is 2.49. The van der Waals surface area contributed by atoms with E-state index in [2.05, 4.69) is 10.8 Å². The van der Waals surface area contributed by atoms with Crippen molar-refractivity contribution in [1.29, 1.82) is 5.26 Å². The molecule has 0 saturated heterocycles. The van der Waals surface area contributed by atoms with E-state index in [1.807, 2.05) is 0 Å². The van der Waals surface area contributed by atoms with Crippen molar-refractivity contribution < 1.29 is 18.6 Å². The maximum atomic E-state index is 12.6. The topological polar surface area (TPSA) is 53.2 Å². The molecule has 1 N–H and O–H groups in total. The number of nitriles is 1. The number of nitrogens with zero attached hydrogens (tertiary/aromatic N) is 1. The van der Waals surface area contributed by atoms with Crippen molar-refractivity contribution in [3.05, 3.63) is 23.8 Å². The van der Waals surface area contributed by atoms with Gasteiger partial charge in [-0.05, 0) is 30.5 Å². The molecule has 0 amide bonds. The fraction of sp³-hybridized carbons (Fsp3) is 0.417. The zero-order valence-electron chi connectivity index (χ0n) is 9.20. The van der Waals surface area contributed by atoms with Crippen LogP contribution in [0.25, 0.3) is 0 Å². The second-order valence-corrected chi connectivity index (χ2v) is 4.29. The third-order valence-electron chi connectivity index (χ3n) is 2.76. The molecule has 1 saturated carbocycles. The van der Waals surface area contributed by atoms with Gasteiger partial charge in [0, 0.05) is 6.92 Å². The highest BCUT2D eigenvalue weighted by atomic mass is 19.3. The van der Waals surface area contributed by atoms with Gasteiger partial charge in [-0.2, -0.15) is 14.0 Å². The summed E-state index contributed by atoms with van der Waals surface area (Å²) in [6.07, 6.45) is -1.88. The van der Waals surface area contributed by atoms with E-state index < -0.39 is 11.5 Å². The Morgan fingerprint density at radius 2 is 2.12 bits per heavy atom. The molecule has 3 nitrogen and oxygen atoms in total. The van der Waals surface area contributed by atoms with E-state index in [1.165, 1.54) is 18.2 Å². The predicted octanol–water partition coefficient (Wildman–Crippen LogP) is 2.94. The number of phenols is 1. The minimum Gasteiger partial charge on any atom is -0.504 e. The van der Waals surface area contributed by atoms with Crippen LogP contribution >= 0.6 is 0 Å². The molecule has 0 radical (unpaired) electrons. The van der Waals surface area contributed by atoms with Crippen molar-refractivity contribution >= 4 is 0 Å². The quantitative estimate of drug-likeness (QED) is 0.882. The summed E-state index contributed by atoms with van der Waals surface area (Å²) in [5.74, 6) is -0.652. The fourth-order valence-corrected chi connectivity index (χ4v) is 1.68. The summed E-state index contributed by atoms with van der Waals surface area (Å²) in [6, 6.07) is 6.28. The van der Waals surface area contributed by atoms with E-state index in [0.29, 0.717) is 12.5 Å². The third-order valence-corrected chi connectivity index (χ3v) is 2.76. The Bertz CT molecular complexity index is 484. The van der Waals surface area contributed by atoms with Crippen molar-refractivity contribution in [2.45, 2.75) is 31.3 Å². The number of halogens is 2. The highest BCUT2D eigenvalue weighted by Gasteiger charge is 2.45. The molecule has 0 unspecified atom stereocenters. The van der Waals surface area contributed by atoms with Crippen LogP contribution < -0.4 is 4.74 Å². The normalized spacial score (nSPS) is 17.3. The van der Waals surface area contributed by atoms with E-state index in [9.17, 15) is 13.9 Å². The van der Waals surface area contributed by atoms with Crippen LogP contribution in [0.15, 0.2) is 18.2 Å². The van der Waals surface area contributed by atoms with Crippen molar-refractivity contribution in [3.63, 3.8) is 0 Å². The van der Waals surface area contributed by atoms with Crippen LogP contribution in [0.5, 0.6) is 11.5 Å². The Morgan fingerprint density at radius 1 is 1.47 bits per heavy atom. The Labute approximate surface area is 97.2 Å². The number of alkyl halides is 2. The number of hydrogen-bond acceptors (Lipinski definition) is 3. The van der Waals surface area contributed by atoms with Gasteiger partial charge in [-0.15, -0.1) is 0 Å². The van der Waals surface area contributed by atoms with Crippen LogP contribution in [0.4, 0.5) is 8.78 Å². The third kappa shape index (κ3) is 2.31. The van der Waals surface area contributed by atoms with Gasteiger partial charge in [0.05, 0.1) is 11.5 Å². The molecule has 1 aliphatic rings. The molecule has 0 atom stereocenters. The molecule has 90 valence electrons. The minimum absolute atomic E-state index is 0.282.